The second kappa shape index (κ2) is 5.08. The number of aliphatic hydroxyl groups is 1. The van der Waals surface area contributed by atoms with Crippen molar-refractivity contribution in [3.8, 4) is 0 Å². The molecule has 0 radical (unpaired) electrons. The molecule has 1 atom stereocenters. The van der Waals surface area contributed by atoms with Gasteiger partial charge in [-0.25, -0.2) is 0 Å². The molecule has 3 N–H and O–H groups in total. The van der Waals surface area contributed by atoms with Crippen LogP contribution in [0.3, 0.4) is 0 Å². The second-order valence-corrected chi connectivity index (χ2v) is 5.02. The molecule has 0 amide bonds. The summed E-state index contributed by atoms with van der Waals surface area (Å²) in [6.07, 6.45) is -0.818. The molecule has 2 rings (SSSR count). The number of halogens is 2. The lowest BCUT2D eigenvalue weighted by Gasteiger charge is -2.15. The first-order valence-corrected chi connectivity index (χ1v) is 6.24. The van der Waals surface area contributed by atoms with Crippen LogP contribution >= 0.6 is 27.5 Å². The normalized spacial score (nSPS) is 12.4. The highest BCUT2D eigenvalue weighted by atomic mass is 79.9. The zero-order chi connectivity index (χ0) is 12.4. The summed E-state index contributed by atoms with van der Waals surface area (Å²) in [6, 6.07) is 12.6. The Morgan fingerprint density at radius 2 is 1.82 bits per heavy atom. The number of hydrogen-bond acceptors (Lipinski definition) is 2. The fraction of sp³-hybridized carbons (Fsp3) is 0.0769. The molecule has 0 aliphatic heterocycles. The molecule has 17 heavy (non-hydrogen) atoms. The van der Waals surface area contributed by atoms with E-state index in [0.29, 0.717) is 21.8 Å². The summed E-state index contributed by atoms with van der Waals surface area (Å²) in [5.74, 6) is 0. The van der Waals surface area contributed by atoms with Crippen molar-refractivity contribution in [3.63, 3.8) is 0 Å². The van der Waals surface area contributed by atoms with Crippen molar-refractivity contribution in [2.45, 2.75) is 6.10 Å². The van der Waals surface area contributed by atoms with E-state index in [9.17, 15) is 5.11 Å². The molecule has 2 nitrogen and oxygen atoms in total. The van der Waals surface area contributed by atoms with Crippen LogP contribution in [0.5, 0.6) is 0 Å². The Balaban J connectivity index is 2.47. The van der Waals surface area contributed by atoms with E-state index in [4.69, 9.17) is 17.3 Å². The van der Waals surface area contributed by atoms with Gasteiger partial charge in [0.05, 0.1) is 0 Å². The molecule has 0 aliphatic carbocycles. The van der Waals surface area contributed by atoms with Crippen LogP contribution in [0.15, 0.2) is 46.9 Å². The van der Waals surface area contributed by atoms with Crippen molar-refractivity contribution in [2.75, 3.05) is 5.73 Å². The molecule has 0 spiro atoms. The summed E-state index contributed by atoms with van der Waals surface area (Å²) in [7, 11) is 0. The summed E-state index contributed by atoms with van der Waals surface area (Å²) in [6.45, 7) is 0. The average molecular weight is 313 g/mol. The Morgan fingerprint density at radius 1 is 1.12 bits per heavy atom. The first-order chi connectivity index (χ1) is 8.09. The summed E-state index contributed by atoms with van der Waals surface area (Å²) < 4.78 is 0.868. The third kappa shape index (κ3) is 2.63. The van der Waals surface area contributed by atoms with Crippen molar-refractivity contribution >= 4 is 33.2 Å². The fourth-order valence-corrected chi connectivity index (χ4v) is 2.26. The Morgan fingerprint density at radius 3 is 2.53 bits per heavy atom. The van der Waals surface area contributed by atoms with Gasteiger partial charge in [0, 0.05) is 26.3 Å². The Labute approximate surface area is 113 Å². The van der Waals surface area contributed by atoms with Gasteiger partial charge in [0.1, 0.15) is 6.10 Å². The molecule has 4 heteroatoms. The lowest BCUT2D eigenvalue weighted by molar-refractivity contribution is 0.221. The third-order valence-corrected chi connectivity index (χ3v) is 3.38. The lowest BCUT2D eigenvalue weighted by Crippen LogP contribution is -2.04. The second-order valence-electron chi connectivity index (χ2n) is 3.70. The van der Waals surface area contributed by atoms with Gasteiger partial charge in [-0.3, -0.25) is 0 Å². The molecule has 0 aliphatic rings. The Bertz CT molecular complexity index is 545. The quantitative estimate of drug-likeness (QED) is 0.829. The number of nitrogen functional groups attached to an aromatic ring is 1. The van der Waals surface area contributed by atoms with Crippen LogP contribution in [0.25, 0.3) is 0 Å². The molecular weight excluding hydrogens is 302 g/mol. The topological polar surface area (TPSA) is 46.2 Å². The monoisotopic (exact) mass is 311 g/mol. The van der Waals surface area contributed by atoms with E-state index in [1.807, 2.05) is 18.2 Å². The van der Waals surface area contributed by atoms with Crippen LogP contribution in [0, 0.1) is 0 Å². The fourth-order valence-electron chi connectivity index (χ4n) is 1.65. The first-order valence-electron chi connectivity index (χ1n) is 5.07. The number of aliphatic hydroxyl groups excluding tert-OH is 1. The smallest absolute Gasteiger partial charge is 0.108 e. The maximum atomic E-state index is 10.3. The zero-order valence-electron chi connectivity index (χ0n) is 8.90. The van der Waals surface area contributed by atoms with Crippen LogP contribution in [-0.2, 0) is 0 Å². The van der Waals surface area contributed by atoms with Gasteiger partial charge in [0.25, 0.3) is 0 Å². The predicted octanol–water partition coefficient (Wildman–Crippen LogP) is 3.77. The minimum absolute atomic E-state index is 0.527. The molecule has 0 saturated heterocycles. The number of hydrogen-bond donors (Lipinski definition) is 2. The standard InChI is InChI=1S/C13H11BrClNO/c14-8-5-6-12(16)10(7-8)13(17)9-3-1-2-4-11(9)15/h1-7,13,17H,16H2/t13-/m0/s1. The van der Waals surface area contributed by atoms with Gasteiger partial charge in [0.2, 0.25) is 0 Å². The molecular formula is C13H11BrClNO. The molecule has 2 aromatic carbocycles. The molecule has 0 unspecified atom stereocenters. The van der Waals surface area contributed by atoms with E-state index in [2.05, 4.69) is 15.9 Å². The van der Waals surface area contributed by atoms with Crippen molar-refractivity contribution in [1.82, 2.24) is 0 Å². The van der Waals surface area contributed by atoms with Gasteiger partial charge in [-0.2, -0.15) is 0 Å². The van der Waals surface area contributed by atoms with Gasteiger partial charge in [0.15, 0.2) is 0 Å². The molecule has 2 aromatic rings. The largest absolute Gasteiger partial charge is 0.398 e. The molecule has 0 fully saturated rings. The van der Waals surface area contributed by atoms with Gasteiger partial charge >= 0.3 is 0 Å². The third-order valence-electron chi connectivity index (χ3n) is 2.54. The van der Waals surface area contributed by atoms with Crippen LogP contribution in [0.4, 0.5) is 5.69 Å². The summed E-state index contributed by atoms with van der Waals surface area (Å²) in [4.78, 5) is 0. The van der Waals surface area contributed by atoms with Crippen molar-refractivity contribution in [2.24, 2.45) is 0 Å². The van der Waals surface area contributed by atoms with Crippen LogP contribution < -0.4 is 5.73 Å². The minimum atomic E-state index is -0.818. The SMILES string of the molecule is Nc1ccc(Br)cc1[C@@H](O)c1ccccc1Cl. The van der Waals surface area contributed by atoms with Gasteiger partial charge in [-0.15, -0.1) is 0 Å². The van der Waals surface area contributed by atoms with Gasteiger partial charge in [-0.1, -0.05) is 45.7 Å². The van der Waals surface area contributed by atoms with Gasteiger partial charge < -0.3 is 10.8 Å². The highest BCUT2D eigenvalue weighted by Crippen LogP contribution is 2.32. The van der Waals surface area contributed by atoms with Crippen LogP contribution in [-0.4, -0.2) is 5.11 Å². The number of benzene rings is 2. The molecule has 0 heterocycles. The maximum absolute atomic E-state index is 10.3. The summed E-state index contributed by atoms with van der Waals surface area (Å²) in [5, 5.41) is 10.8. The minimum Gasteiger partial charge on any atom is -0.398 e. The highest BCUT2D eigenvalue weighted by molar-refractivity contribution is 9.10. The number of anilines is 1. The zero-order valence-corrected chi connectivity index (χ0v) is 11.2. The molecule has 0 bridgehead atoms. The number of rotatable bonds is 2. The maximum Gasteiger partial charge on any atom is 0.108 e. The van der Waals surface area contributed by atoms with E-state index in [-0.39, 0.29) is 0 Å². The van der Waals surface area contributed by atoms with E-state index in [1.165, 1.54) is 0 Å². The van der Waals surface area contributed by atoms with E-state index >= 15 is 0 Å². The number of nitrogens with two attached hydrogens (primary N) is 1. The van der Waals surface area contributed by atoms with Crippen LogP contribution in [0.2, 0.25) is 5.02 Å². The van der Waals surface area contributed by atoms with Crippen LogP contribution in [0.1, 0.15) is 17.2 Å². The van der Waals surface area contributed by atoms with E-state index < -0.39 is 6.10 Å². The lowest BCUT2D eigenvalue weighted by atomic mass is 10.00. The van der Waals surface area contributed by atoms with Crippen molar-refractivity contribution in [1.29, 1.82) is 0 Å². The summed E-state index contributed by atoms with van der Waals surface area (Å²) in [5.41, 5.74) is 7.69. The van der Waals surface area contributed by atoms with E-state index in [1.54, 1.807) is 24.3 Å². The van der Waals surface area contributed by atoms with Crippen molar-refractivity contribution in [3.05, 3.63) is 63.1 Å². The Kier molecular flexibility index (Phi) is 3.72. The average Bonchev–Trinajstić information content (AvgIpc) is 2.32. The van der Waals surface area contributed by atoms with Gasteiger partial charge in [-0.05, 0) is 24.3 Å². The molecule has 88 valence electrons. The molecule has 0 saturated carbocycles. The Hall–Kier alpha value is -1.03. The summed E-state index contributed by atoms with van der Waals surface area (Å²) >= 11 is 9.40. The first kappa shape index (κ1) is 12.4. The molecule has 0 aromatic heterocycles. The van der Waals surface area contributed by atoms with E-state index in [0.717, 1.165) is 4.47 Å². The predicted molar refractivity (Wildman–Crippen MR) is 74.1 cm³/mol. The van der Waals surface area contributed by atoms with Crippen molar-refractivity contribution < 1.29 is 5.11 Å². The highest BCUT2D eigenvalue weighted by Gasteiger charge is 2.16.